The van der Waals surface area contributed by atoms with Gasteiger partial charge in [0.1, 0.15) is 0 Å². The van der Waals surface area contributed by atoms with Gasteiger partial charge in [-0.25, -0.2) is 0 Å². The summed E-state index contributed by atoms with van der Waals surface area (Å²) in [4.78, 5) is 12.1. The first-order chi connectivity index (χ1) is 8.58. The molecule has 0 aliphatic carbocycles. The second-order valence-corrected chi connectivity index (χ2v) is 6.49. The van der Waals surface area contributed by atoms with Crippen molar-refractivity contribution in [2.75, 3.05) is 5.32 Å². The van der Waals surface area contributed by atoms with Gasteiger partial charge in [0.05, 0.1) is 11.3 Å². The van der Waals surface area contributed by atoms with Crippen LogP contribution in [0, 0.1) is 3.57 Å². The van der Waals surface area contributed by atoms with E-state index in [2.05, 4.69) is 59.8 Å². The van der Waals surface area contributed by atoms with Crippen LogP contribution >= 0.6 is 54.5 Å². The molecule has 2 aromatic rings. The van der Waals surface area contributed by atoms with Crippen LogP contribution in [0.3, 0.4) is 0 Å². The van der Waals surface area contributed by atoms with E-state index in [1.807, 2.05) is 42.5 Å². The Labute approximate surface area is 136 Å². The third-order valence-electron chi connectivity index (χ3n) is 2.30. The summed E-state index contributed by atoms with van der Waals surface area (Å²) in [7, 11) is 0. The minimum absolute atomic E-state index is 0.108. The van der Waals surface area contributed by atoms with E-state index < -0.39 is 0 Å². The van der Waals surface area contributed by atoms with Crippen LogP contribution in [0.1, 0.15) is 10.4 Å². The van der Waals surface area contributed by atoms with Crippen LogP contribution in [-0.2, 0) is 0 Å². The average Bonchev–Trinajstić information content (AvgIpc) is 2.33. The number of anilines is 1. The lowest BCUT2D eigenvalue weighted by Crippen LogP contribution is -2.13. The van der Waals surface area contributed by atoms with Gasteiger partial charge in [-0.05, 0) is 68.9 Å². The largest absolute Gasteiger partial charge is 0.321 e. The monoisotopic (exact) mass is 479 g/mol. The quantitative estimate of drug-likeness (QED) is 0.597. The van der Waals surface area contributed by atoms with Crippen molar-refractivity contribution in [2.24, 2.45) is 0 Å². The van der Waals surface area contributed by atoms with Gasteiger partial charge in [-0.1, -0.05) is 28.1 Å². The Hall–Kier alpha value is -0.400. The highest BCUT2D eigenvalue weighted by Gasteiger charge is 2.10. The zero-order valence-corrected chi connectivity index (χ0v) is 14.4. The zero-order chi connectivity index (χ0) is 13.1. The van der Waals surface area contributed by atoms with Gasteiger partial charge in [0.25, 0.3) is 5.91 Å². The Bertz CT molecular complexity index is 601. The Kier molecular flexibility index (Phi) is 4.80. The van der Waals surface area contributed by atoms with E-state index in [0.29, 0.717) is 5.56 Å². The van der Waals surface area contributed by atoms with Gasteiger partial charge in [-0.3, -0.25) is 4.79 Å². The molecule has 2 rings (SSSR count). The highest BCUT2D eigenvalue weighted by Crippen LogP contribution is 2.26. The molecule has 0 atom stereocenters. The summed E-state index contributed by atoms with van der Waals surface area (Å²) in [6.07, 6.45) is 0. The topological polar surface area (TPSA) is 29.1 Å². The van der Waals surface area contributed by atoms with Crippen molar-refractivity contribution in [3.8, 4) is 0 Å². The number of hydrogen-bond donors (Lipinski definition) is 1. The minimum atomic E-state index is -0.108. The van der Waals surface area contributed by atoms with Gasteiger partial charge in [0, 0.05) is 12.5 Å². The fourth-order valence-corrected chi connectivity index (χ4v) is 3.20. The first-order valence-corrected chi connectivity index (χ1v) is 7.75. The summed E-state index contributed by atoms with van der Waals surface area (Å²) >= 11 is 8.95. The summed E-state index contributed by atoms with van der Waals surface area (Å²) in [5, 5.41) is 2.88. The van der Waals surface area contributed by atoms with E-state index in [-0.39, 0.29) is 5.91 Å². The van der Waals surface area contributed by atoms with Gasteiger partial charge in [0.2, 0.25) is 0 Å². The van der Waals surface area contributed by atoms with Crippen LogP contribution in [0.4, 0.5) is 5.69 Å². The summed E-state index contributed by atoms with van der Waals surface area (Å²) < 4.78 is 2.73. The van der Waals surface area contributed by atoms with Crippen molar-refractivity contribution in [3.05, 3.63) is 60.5 Å². The van der Waals surface area contributed by atoms with Gasteiger partial charge in [-0.2, -0.15) is 0 Å². The fourth-order valence-electron chi connectivity index (χ4n) is 1.43. The smallest absolute Gasteiger partial charge is 0.256 e. The summed E-state index contributed by atoms with van der Waals surface area (Å²) in [5.41, 5.74) is 1.43. The van der Waals surface area contributed by atoms with Crippen LogP contribution in [0.15, 0.2) is 51.4 Å². The van der Waals surface area contributed by atoms with Crippen molar-refractivity contribution >= 4 is 66.0 Å². The van der Waals surface area contributed by atoms with Crippen LogP contribution in [-0.4, -0.2) is 5.91 Å². The third-order valence-corrected chi connectivity index (χ3v) is 4.39. The molecule has 2 aromatic carbocycles. The third kappa shape index (κ3) is 3.33. The van der Waals surface area contributed by atoms with Gasteiger partial charge in [-0.15, -0.1) is 0 Å². The Morgan fingerprint density at radius 2 is 1.83 bits per heavy atom. The van der Waals surface area contributed by atoms with Crippen molar-refractivity contribution in [1.29, 1.82) is 0 Å². The molecule has 0 aromatic heterocycles. The number of nitrogens with one attached hydrogen (secondary N) is 1. The second-order valence-electron chi connectivity index (χ2n) is 3.56. The van der Waals surface area contributed by atoms with E-state index >= 15 is 0 Å². The lowest BCUT2D eigenvalue weighted by molar-refractivity contribution is 0.102. The second kappa shape index (κ2) is 6.16. The normalized spacial score (nSPS) is 10.2. The van der Waals surface area contributed by atoms with Crippen LogP contribution < -0.4 is 5.32 Å². The molecule has 92 valence electrons. The maximum atomic E-state index is 12.1. The van der Waals surface area contributed by atoms with Crippen molar-refractivity contribution in [3.63, 3.8) is 0 Å². The molecule has 0 saturated heterocycles. The molecule has 0 unspecified atom stereocenters. The lowest BCUT2D eigenvalue weighted by atomic mass is 10.2. The summed E-state index contributed by atoms with van der Waals surface area (Å²) in [5.74, 6) is -0.108. The number of carbonyl (C=O) groups excluding carboxylic acids is 1. The first-order valence-electron chi connectivity index (χ1n) is 5.09. The molecular weight excluding hydrogens is 473 g/mol. The number of carbonyl (C=O) groups is 1. The van der Waals surface area contributed by atoms with Crippen molar-refractivity contribution < 1.29 is 4.79 Å². The fraction of sp³-hybridized carbons (Fsp3) is 0. The van der Waals surface area contributed by atoms with E-state index in [0.717, 1.165) is 18.2 Å². The summed E-state index contributed by atoms with van der Waals surface area (Å²) in [6.45, 7) is 0. The lowest BCUT2D eigenvalue weighted by Gasteiger charge is -2.08. The number of benzene rings is 2. The first kappa shape index (κ1) is 14.0. The molecule has 0 fully saturated rings. The molecule has 2 nitrogen and oxygen atoms in total. The highest BCUT2D eigenvalue weighted by atomic mass is 127. The van der Waals surface area contributed by atoms with Crippen LogP contribution in [0.2, 0.25) is 0 Å². The maximum Gasteiger partial charge on any atom is 0.256 e. The zero-order valence-electron chi connectivity index (χ0n) is 9.08. The molecule has 0 aliphatic rings. The highest BCUT2D eigenvalue weighted by molar-refractivity contribution is 14.1. The minimum Gasteiger partial charge on any atom is -0.321 e. The number of halogens is 3. The molecule has 5 heteroatoms. The maximum absolute atomic E-state index is 12.1. The van der Waals surface area contributed by atoms with E-state index in [1.165, 1.54) is 0 Å². The SMILES string of the molecule is O=C(Nc1ccc(Br)cc1Br)c1ccccc1I. The molecule has 0 saturated carbocycles. The molecule has 1 amide bonds. The van der Waals surface area contributed by atoms with Crippen LogP contribution in [0.25, 0.3) is 0 Å². The number of hydrogen-bond acceptors (Lipinski definition) is 1. The van der Waals surface area contributed by atoms with Gasteiger partial charge < -0.3 is 5.32 Å². The molecule has 0 aliphatic heterocycles. The average molecular weight is 481 g/mol. The summed E-state index contributed by atoms with van der Waals surface area (Å²) in [6, 6.07) is 13.1. The number of rotatable bonds is 2. The standard InChI is InChI=1S/C13H8Br2INO/c14-8-5-6-12(10(15)7-8)17-13(18)9-3-1-2-4-11(9)16/h1-7H,(H,17,18). The van der Waals surface area contributed by atoms with E-state index in [1.54, 1.807) is 0 Å². The molecule has 0 radical (unpaired) electrons. The van der Waals surface area contributed by atoms with Gasteiger partial charge >= 0.3 is 0 Å². The van der Waals surface area contributed by atoms with E-state index in [9.17, 15) is 4.79 Å². The molecule has 0 bridgehead atoms. The van der Waals surface area contributed by atoms with Gasteiger partial charge in [0.15, 0.2) is 0 Å². The van der Waals surface area contributed by atoms with Crippen molar-refractivity contribution in [2.45, 2.75) is 0 Å². The molecule has 0 spiro atoms. The predicted molar refractivity (Wildman–Crippen MR) is 89.0 cm³/mol. The predicted octanol–water partition coefficient (Wildman–Crippen LogP) is 5.07. The van der Waals surface area contributed by atoms with Crippen molar-refractivity contribution in [1.82, 2.24) is 0 Å². The molecular formula is C13H8Br2INO. The molecule has 18 heavy (non-hydrogen) atoms. The molecule has 1 N–H and O–H groups in total. The van der Waals surface area contributed by atoms with E-state index in [4.69, 9.17) is 0 Å². The Morgan fingerprint density at radius 3 is 2.50 bits per heavy atom. The molecule has 0 heterocycles. The Morgan fingerprint density at radius 1 is 1.11 bits per heavy atom. The number of amides is 1. The van der Waals surface area contributed by atoms with Crippen LogP contribution in [0.5, 0.6) is 0 Å². The Balaban J connectivity index is 2.24.